The predicted molar refractivity (Wildman–Crippen MR) is 121 cm³/mol. The van der Waals surface area contributed by atoms with Crippen LogP contribution in [0.2, 0.25) is 0 Å². The van der Waals surface area contributed by atoms with Gasteiger partial charge in [-0.1, -0.05) is 18.2 Å². The molecule has 33 heavy (non-hydrogen) atoms. The summed E-state index contributed by atoms with van der Waals surface area (Å²) in [4.78, 5) is 29.6. The number of rotatable bonds is 11. The smallest absolute Gasteiger partial charge is 0.328 e. The molecule has 1 amide bonds. The molecule has 2 aromatic rings. The number of aliphatic hydroxyl groups excluding tert-OH is 1. The maximum absolute atomic E-state index is 10.5. The van der Waals surface area contributed by atoms with Crippen molar-refractivity contribution < 1.29 is 39.5 Å². The summed E-state index contributed by atoms with van der Waals surface area (Å²) in [5.41, 5.74) is 2.07. The van der Waals surface area contributed by atoms with E-state index in [2.05, 4.69) is 10.6 Å². The second kappa shape index (κ2) is 14.2. The molecule has 178 valence electrons. The van der Waals surface area contributed by atoms with E-state index in [-0.39, 0.29) is 17.5 Å². The molecule has 2 aromatic carbocycles. The first-order valence-electron chi connectivity index (χ1n) is 9.87. The number of hydrogen-bond donors (Lipinski definition) is 6. The number of phenols is 1. The average Bonchev–Trinajstić information content (AvgIpc) is 2.78. The standard InChI is InChI=1S/C19H24N2O4.C4H4O4/c1-13(9-14-3-6-16(25-2)7-4-14)20-11-19(24)15-5-8-18(23)17(10-15)21-12-22;5-3(6)1-2-4(7)8/h3-8,10,12-13,19-20,23-24H,9,11H2,1-2H3,(H,21,22);1-2H,(H,5,6)(H,7,8)/b;2-1-/t13-,19+;/m0./s1. The number of phenolic OH excluding ortho intramolecular Hbond substituents is 1. The maximum atomic E-state index is 10.5. The molecule has 0 bridgehead atoms. The maximum Gasteiger partial charge on any atom is 0.328 e. The first-order valence-corrected chi connectivity index (χ1v) is 9.87. The third-order valence-electron chi connectivity index (χ3n) is 4.35. The molecule has 0 unspecified atom stereocenters. The number of carboxylic acids is 2. The Balaban J connectivity index is 0.000000582. The Morgan fingerprint density at radius 2 is 1.67 bits per heavy atom. The zero-order chi connectivity index (χ0) is 24.8. The minimum absolute atomic E-state index is 0.0381. The summed E-state index contributed by atoms with van der Waals surface area (Å²) in [5, 5.41) is 41.3. The number of benzene rings is 2. The molecule has 10 heteroatoms. The van der Waals surface area contributed by atoms with Crippen LogP contribution < -0.4 is 15.4 Å². The van der Waals surface area contributed by atoms with Gasteiger partial charge in [0.2, 0.25) is 6.41 Å². The van der Waals surface area contributed by atoms with Gasteiger partial charge in [-0.3, -0.25) is 4.79 Å². The third-order valence-corrected chi connectivity index (χ3v) is 4.35. The number of aliphatic carboxylic acids is 2. The van der Waals surface area contributed by atoms with E-state index in [4.69, 9.17) is 14.9 Å². The molecule has 0 aliphatic rings. The van der Waals surface area contributed by atoms with Crippen LogP contribution in [-0.4, -0.2) is 58.5 Å². The van der Waals surface area contributed by atoms with Crippen molar-refractivity contribution in [3.63, 3.8) is 0 Å². The van der Waals surface area contributed by atoms with Crippen LogP contribution in [0.5, 0.6) is 11.5 Å². The van der Waals surface area contributed by atoms with Gasteiger partial charge in [0.15, 0.2) is 0 Å². The van der Waals surface area contributed by atoms with Crippen molar-refractivity contribution in [1.29, 1.82) is 0 Å². The lowest BCUT2D eigenvalue weighted by Crippen LogP contribution is -2.32. The molecular weight excluding hydrogens is 432 g/mol. The van der Waals surface area contributed by atoms with Gasteiger partial charge in [-0.25, -0.2) is 9.59 Å². The first kappa shape index (κ1) is 27.1. The Morgan fingerprint density at radius 1 is 1.06 bits per heavy atom. The predicted octanol–water partition coefficient (Wildman–Crippen LogP) is 1.94. The van der Waals surface area contributed by atoms with Gasteiger partial charge < -0.3 is 35.8 Å². The molecule has 0 spiro atoms. The molecule has 2 atom stereocenters. The number of methoxy groups -OCH3 is 1. The van der Waals surface area contributed by atoms with E-state index in [1.165, 1.54) is 11.6 Å². The molecule has 0 fully saturated rings. The van der Waals surface area contributed by atoms with Crippen molar-refractivity contribution in [3.8, 4) is 11.5 Å². The number of carbonyl (C=O) groups excluding carboxylic acids is 1. The average molecular weight is 460 g/mol. The fraction of sp³-hybridized carbons (Fsp3) is 0.261. The van der Waals surface area contributed by atoms with Gasteiger partial charge in [0.25, 0.3) is 0 Å². The topological polar surface area (TPSA) is 165 Å². The van der Waals surface area contributed by atoms with E-state index in [1.54, 1.807) is 19.2 Å². The van der Waals surface area contributed by atoms with Crippen molar-refractivity contribution in [2.45, 2.75) is 25.5 Å². The SMILES string of the molecule is COc1ccc(C[C@H](C)NC[C@@H](O)c2ccc(O)c(NC=O)c2)cc1.O=C(O)/C=C\C(=O)O. The normalized spacial score (nSPS) is 12.2. The van der Waals surface area contributed by atoms with Crippen molar-refractivity contribution in [1.82, 2.24) is 5.32 Å². The Hall–Kier alpha value is -3.89. The van der Waals surface area contributed by atoms with Gasteiger partial charge >= 0.3 is 11.9 Å². The molecule has 0 heterocycles. The third kappa shape index (κ3) is 10.8. The fourth-order valence-electron chi connectivity index (χ4n) is 2.70. The zero-order valence-electron chi connectivity index (χ0n) is 18.3. The zero-order valence-corrected chi connectivity index (χ0v) is 18.3. The lowest BCUT2D eigenvalue weighted by atomic mass is 10.1. The molecule has 6 N–H and O–H groups in total. The molecule has 10 nitrogen and oxygen atoms in total. The summed E-state index contributed by atoms with van der Waals surface area (Å²) < 4.78 is 5.14. The number of ether oxygens (including phenoxy) is 1. The van der Waals surface area contributed by atoms with Gasteiger partial charge in [0, 0.05) is 24.7 Å². The highest BCUT2D eigenvalue weighted by Gasteiger charge is 2.12. The summed E-state index contributed by atoms with van der Waals surface area (Å²) in [5.74, 6) is -1.73. The van der Waals surface area contributed by atoms with Crippen LogP contribution in [0, 0.1) is 0 Å². The van der Waals surface area contributed by atoms with Crippen LogP contribution in [0.1, 0.15) is 24.2 Å². The molecule has 2 rings (SSSR count). The number of carboxylic acid groups (broad SMARTS) is 2. The number of aliphatic hydroxyl groups is 1. The molecule has 0 saturated carbocycles. The number of nitrogens with one attached hydrogen (secondary N) is 2. The lowest BCUT2D eigenvalue weighted by Gasteiger charge is -2.18. The van der Waals surface area contributed by atoms with E-state index < -0.39 is 18.0 Å². The largest absolute Gasteiger partial charge is 0.506 e. The fourth-order valence-corrected chi connectivity index (χ4v) is 2.70. The minimum atomic E-state index is -1.26. The Kier molecular flexibility index (Phi) is 11.7. The molecule has 0 aliphatic heterocycles. The van der Waals surface area contributed by atoms with Crippen LogP contribution in [0.25, 0.3) is 0 Å². The van der Waals surface area contributed by atoms with Crippen molar-refractivity contribution in [2.75, 3.05) is 19.0 Å². The van der Waals surface area contributed by atoms with Crippen LogP contribution in [-0.2, 0) is 20.8 Å². The number of aromatic hydroxyl groups is 1. The molecular formula is C23H28N2O8. The molecule has 0 aromatic heterocycles. The van der Waals surface area contributed by atoms with Gasteiger partial charge in [0.05, 0.1) is 18.9 Å². The summed E-state index contributed by atoms with van der Waals surface area (Å²) in [6, 6.07) is 12.7. The van der Waals surface area contributed by atoms with E-state index in [9.17, 15) is 24.6 Å². The summed E-state index contributed by atoms with van der Waals surface area (Å²) in [6.45, 7) is 2.41. The monoisotopic (exact) mass is 460 g/mol. The Morgan fingerprint density at radius 3 is 2.18 bits per heavy atom. The highest BCUT2D eigenvalue weighted by Crippen LogP contribution is 2.26. The van der Waals surface area contributed by atoms with Crippen molar-refractivity contribution >= 4 is 24.0 Å². The van der Waals surface area contributed by atoms with Gasteiger partial charge in [0.1, 0.15) is 11.5 Å². The van der Waals surface area contributed by atoms with E-state index in [0.717, 1.165) is 12.2 Å². The van der Waals surface area contributed by atoms with E-state index in [1.807, 2.05) is 31.2 Å². The second-order valence-corrected chi connectivity index (χ2v) is 6.93. The highest BCUT2D eigenvalue weighted by atomic mass is 16.5. The number of amides is 1. The van der Waals surface area contributed by atoms with Crippen molar-refractivity contribution in [2.24, 2.45) is 0 Å². The number of anilines is 1. The van der Waals surface area contributed by atoms with Crippen LogP contribution in [0.15, 0.2) is 54.6 Å². The van der Waals surface area contributed by atoms with Crippen molar-refractivity contribution in [3.05, 3.63) is 65.7 Å². The first-order chi connectivity index (χ1) is 15.7. The lowest BCUT2D eigenvalue weighted by molar-refractivity contribution is -0.134. The second-order valence-electron chi connectivity index (χ2n) is 6.93. The Bertz CT molecular complexity index is 928. The summed E-state index contributed by atoms with van der Waals surface area (Å²) in [6.07, 6.45) is 1.68. The van der Waals surface area contributed by atoms with Gasteiger partial charge in [-0.05, 0) is 48.7 Å². The summed E-state index contributed by atoms with van der Waals surface area (Å²) in [7, 11) is 1.64. The quantitative estimate of drug-likeness (QED) is 0.167. The van der Waals surface area contributed by atoms with E-state index in [0.29, 0.717) is 30.7 Å². The minimum Gasteiger partial charge on any atom is -0.506 e. The highest BCUT2D eigenvalue weighted by molar-refractivity contribution is 5.89. The van der Waals surface area contributed by atoms with Crippen LogP contribution >= 0.6 is 0 Å². The van der Waals surface area contributed by atoms with Crippen LogP contribution in [0.4, 0.5) is 5.69 Å². The number of carbonyl (C=O) groups is 3. The van der Waals surface area contributed by atoms with Gasteiger partial charge in [-0.2, -0.15) is 0 Å². The molecule has 0 radical (unpaired) electrons. The van der Waals surface area contributed by atoms with Crippen LogP contribution in [0.3, 0.4) is 0 Å². The molecule has 0 saturated heterocycles. The molecule has 0 aliphatic carbocycles. The number of hydrogen-bond acceptors (Lipinski definition) is 7. The summed E-state index contributed by atoms with van der Waals surface area (Å²) >= 11 is 0. The van der Waals surface area contributed by atoms with Gasteiger partial charge in [-0.15, -0.1) is 0 Å². The Labute approximate surface area is 191 Å². The van der Waals surface area contributed by atoms with E-state index >= 15 is 0 Å².